The molecule has 0 amide bonds. The van der Waals surface area contributed by atoms with Crippen molar-refractivity contribution < 1.29 is 19.4 Å². The number of benzene rings is 3. The van der Waals surface area contributed by atoms with E-state index in [2.05, 4.69) is 0 Å². The lowest BCUT2D eigenvalue weighted by Crippen LogP contribution is -2.03. The van der Waals surface area contributed by atoms with Crippen molar-refractivity contribution in [2.24, 2.45) is 0 Å². The molecule has 0 saturated carbocycles. The number of ether oxygens (including phenoxy) is 2. The zero-order valence-corrected chi connectivity index (χ0v) is 14.9. The van der Waals surface area contributed by atoms with E-state index in [-0.39, 0.29) is 12.2 Å². The summed E-state index contributed by atoms with van der Waals surface area (Å²) in [6.45, 7) is 0.238. The predicted molar refractivity (Wildman–Crippen MR) is 101 cm³/mol. The summed E-state index contributed by atoms with van der Waals surface area (Å²) < 4.78 is 11.2. The van der Waals surface area contributed by atoms with Gasteiger partial charge in [0.15, 0.2) is 0 Å². The number of carboxylic acids is 1. The molecule has 0 spiro atoms. The standard InChI is InChI=1S/C21H17ClO4/c1-25-19-10-9-14(11-18(19)15-5-4-6-16(22)12-15)13-26-20-8-3-2-7-17(20)21(23)24/h2-12H,13H2,1H3,(H,23,24). The van der Waals surface area contributed by atoms with Crippen molar-refractivity contribution in [3.8, 4) is 22.6 Å². The van der Waals surface area contributed by atoms with E-state index in [0.29, 0.717) is 10.8 Å². The highest BCUT2D eigenvalue weighted by Gasteiger charge is 2.12. The number of carbonyl (C=O) groups is 1. The topological polar surface area (TPSA) is 55.8 Å². The van der Waals surface area contributed by atoms with Gasteiger partial charge in [-0.05, 0) is 47.5 Å². The van der Waals surface area contributed by atoms with Crippen molar-refractivity contribution >= 4 is 17.6 Å². The van der Waals surface area contributed by atoms with Gasteiger partial charge in [-0.2, -0.15) is 0 Å². The van der Waals surface area contributed by atoms with Gasteiger partial charge in [0.1, 0.15) is 23.7 Å². The van der Waals surface area contributed by atoms with Gasteiger partial charge < -0.3 is 14.6 Å². The fourth-order valence-electron chi connectivity index (χ4n) is 2.66. The molecule has 0 aliphatic rings. The lowest BCUT2D eigenvalue weighted by Gasteiger charge is -2.13. The summed E-state index contributed by atoms with van der Waals surface area (Å²) in [5, 5.41) is 9.88. The number of carboxylic acid groups (broad SMARTS) is 1. The normalized spacial score (nSPS) is 10.4. The monoisotopic (exact) mass is 368 g/mol. The maximum atomic E-state index is 11.3. The van der Waals surface area contributed by atoms with Crippen LogP contribution in [0.5, 0.6) is 11.5 Å². The fraction of sp³-hybridized carbons (Fsp3) is 0.0952. The van der Waals surface area contributed by atoms with E-state index >= 15 is 0 Å². The van der Waals surface area contributed by atoms with E-state index in [9.17, 15) is 9.90 Å². The number of para-hydroxylation sites is 1. The van der Waals surface area contributed by atoms with Crippen LogP contribution in [0, 0.1) is 0 Å². The molecular weight excluding hydrogens is 352 g/mol. The molecule has 0 heterocycles. The lowest BCUT2D eigenvalue weighted by atomic mass is 10.0. The van der Waals surface area contributed by atoms with Gasteiger partial charge >= 0.3 is 5.97 Å². The smallest absolute Gasteiger partial charge is 0.339 e. The van der Waals surface area contributed by atoms with E-state index < -0.39 is 5.97 Å². The van der Waals surface area contributed by atoms with Crippen molar-refractivity contribution in [2.75, 3.05) is 7.11 Å². The molecule has 0 saturated heterocycles. The van der Waals surface area contributed by atoms with Gasteiger partial charge in [0.05, 0.1) is 7.11 Å². The zero-order chi connectivity index (χ0) is 18.5. The van der Waals surface area contributed by atoms with Crippen LogP contribution in [-0.4, -0.2) is 18.2 Å². The molecule has 0 unspecified atom stereocenters. The fourth-order valence-corrected chi connectivity index (χ4v) is 2.85. The Morgan fingerprint density at radius 3 is 2.54 bits per heavy atom. The van der Waals surface area contributed by atoms with Crippen molar-refractivity contribution in [1.82, 2.24) is 0 Å². The Hall–Kier alpha value is -2.98. The summed E-state index contributed by atoms with van der Waals surface area (Å²) in [6.07, 6.45) is 0. The molecule has 4 nitrogen and oxygen atoms in total. The maximum Gasteiger partial charge on any atom is 0.339 e. The minimum absolute atomic E-state index is 0.135. The first-order chi connectivity index (χ1) is 12.6. The van der Waals surface area contributed by atoms with Crippen LogP contribution in [0.2, 0.25) is 5.02 Å². The first kappa shape index (κ1) is 17.8. The predicted octanol–water partition coefficient (Wildman–Crippen LogP) is 5.29. The minimum Gasteiger partial charge on any atom is -0.496 e. The Morgan fingerprint density at radius 1 is 1.00 bits per heavy atom. The summed E-state index contributed by atoms with van der Waals surface area (Å²) in [5.74, 6) is 0.0389. The van der Waals surface area contributed by atoms with Gasteiger partial charge in [-0.15, -0.1) is 0 Å². The molecule has 0 atom stereocenters. The van der Waals surface area contributed by atoms with Crippen LogP contribution in [0.15, 0.2) is 66.7 Å². The Labute approximate surface area is 156 Å². The molecule has 132 valence electrons. The molecule has 0 aliphatic carbocycles. The molecule has 0 aromatic heterocycles. The minimum atomic E-state index is -1.02. The van der Waals surface area contributed by atoms with Crippen LogP contribution >= 0.6 is 11.6 Å². The molecule has 3 aromatic carbocycles. The van der Waals surface area contributed by atoms with Gasteiger partial charge in [0.25, 0.3) is 0 Å². The second-order valence-corrected chi connectivity index (χ2v) is 6.07. The number of aromatic carboxylic acids is 1. The van der Waals surface area contributed by atoms with Crippen molar-refractivity contribution in [2.45, 2.75) is 6.61 Å². The third-order valence-corrected chi connectivity index (χ3v) is 4.15. The molecule has 3 rings (SSSR count). The van der Waals surface area contributed by atoms with Crippen LogP contribution in [-0.2, 0) is 6.61 Å². The molecule has 1 N–H and O–H groups in total. The molecule has 26 heavy (non-hydrogen) atoms. The Bertz CT molecular complexity index is 937. The molecular formula is C21H17ClO4. The second kappa shape index (κ2) is 7.93. The Morgan fingerprint density at radius 2 is 1.81 bits per heavy atom. The van der Waals surface area contributed by atoms with Gasteiger partial charge in [0.2, 0.25) is 0 Å². The van der Waals surface area contributed by atoms with E-state index in [1.807, 2.05) is 42.5 Å². The maximum absolute atomic E-state index is 11.3. The van der Waals surface area contributed by atoms with Crippen LogP contribution in [0.1, 0.15) is 15.9 Å². The highest BCUT2D eigenvalue weighted by atomic mass is 35.5. The SMILES string of the molecule is COc1ccc(COc2ccccc2C(=O)O)cc1-c1cccc(Cl)c1. The quantitative estimate of drug-likeness (QED) is 0.642. The molecule has 0 fully saturated rings. The second-order valence-electron chi connectivity index (χ2n) is 5.63. The van der Waals surface area contributed by atoms with Gasteiger partial charge in [-0.1, -0.05) is 41.9 Å². The first-order valence-corrected chi connectivity index (χ1v) is 8.34. The van der Waals surface area contributed by atoms with E-state index in [0.717, 1.165) is 22.4 Å². The number of halogens is 1. The molecule has 0 radical (unpaired) electrons. The molecule has 3 aromatic rings. The number of methoxy groups -OCH3 is 1. The summed E-state index contributed by atoms with van der Waals surface area (Å²) in [4.78, 5) is 11.3. The molecule has 5 heteroatoms. The van der Waals surface area contributed by atoms with Crippen LogP contribution in [0.4, 0.5) is 0 Å². The summed E-state index contributed by atoms with van der Waals surface area (Å²) >= 11 is 6.10. The van der Waals surface area contributed by atoms with Gasteiger partial charge in [-0.25, -0.2) is 4.79 Å². The highest BCUT2D eigenvalue weighted by Crippen LogP contribution is 2.32. The zero-order valence-electron chi connectivity index (χ0n) is 14.1. The molecule has 0 aliphatic heterocycles. The van der Waals surface area contributed by atoms with Crippen molar-refractivity contribution in [1.29, 1.82) is 0 Å². The third kappa shape index (κ3) is 3.98. The van der Waals surface area contributed by atoms with Crippen LogP contribution in [0.3, 0.4) is 0 Å². The summed E-state index contributed by atoms with van der Waals surface area (Å²) in [6, 6.07) is 19.8. The Kier molecular flexibility index (Phi) is 5.44. The van der Waals surface area contributed by atoms with E-state index in [4.69, 9.17) is 21.1 Å². The number of hydrogen-bond acceptors (Lipinski definition) is 3. The van der Waals surface area contributed by atoms with Gasteiger partial charge in [0, 0.05) is 10.6 Å². The largest absolute Gasteiger partial charge is 0.496 e. The highest BCUT2D eigenvalue weighted by molar-refractivity contribution is 6.30. The van der Waals surface area contributed by atoms with E-state index in [1.165, 1.54) is 6.07 Å². The van der Waals surface area contributed by atoms with Crippen LogP contribution in [0.25, 0.3) is 11.1 Å². The van der Waals surface area contributed by atoms with Crippen molar-refractivity contribution in [3.63, 3.8) is 0 Å². The first-order valence-electron chi connectivity index (χ1n) is 7.96. The molecule has 0 bridgehead atoms. The van der Waals surface area contributed by atoms with Crippen molar-refractivity contribution in [3.05, 3.63) is 82.9 Å². The number of hydrogen-bond donors (Lipinski definition) is 1. The summed E-state index contributed by atoms with van der Waals surface area (Å²) in [5.41, 5.74) is 2.85. The average molecular weight is 369 g/mol. The Balaban J connectivity index is 1.88. The third-order valence-electron chi connectivity index (χ3n) is 3.91. The number of rotatable bonds is 6. The lowest BCUT2D eigenvalue weighted by molar-refractivity contribution is 0.0691. The van der Waals surface area contributed by atoms with E-state index in [1.54, 1.807) is 25.3 Å². The van der Waals surface area contributed by atoms with Gasteiger partial charge in [-0.3, -0.25) is 0 Å². The average Bonchev–Trinajstić information content (AvgIpc) is 2.66. The summed E-state index contributed by atoms with van der Waals surface area (Å²) in [7, 11) is 1.61. The van der Waals surface area contributed by atoms with Crippen LogP contribution < -0.4 is 9.47 Å².